The van der Waals surface area contributed by atoms with Crippen LogP contribution in [0.4, 0.5) is 0 Å². The molecule has 2 aliphatic rings. The number of aliphatic hydroxyl groups is 1. The molecule has 1 aromatic carbocycles. The normalized spacial score (nSPS) is 25.9. The summed E-state index contributed by atoms with van der Waals surface area (Å²) in [5.74, 6) is -4.57. The fourth-order valence-electron chi connectivity index (χ4n) is 6.37. The summed E-state index contributed by atoms with van der Waals surface area (Å²) in [6.45, 7) is 12.5. The molecule has 3 unspecified atom stereocenters. The van der Waals surface area contributed by atoms with Gasteiger partial charge in [0, 0.05) is 38.9 Å². The monoisotopic (exact) mass is 835 g/mol. The fraction of sp³-hybridized carbons (Fsp3) is 0.511. The highest BCUT2D eigenvalue weighted by Gasteiger charge is 2.37. The van der Waals surface area contributed by atoms with Gasteiger partial charge in [-0.3, -0.25) is 33.8 Å². The minimum atomic E-state index is -1.29. The van der Waals surface area contributed by atoms with Crippen molar-refractivity contribution in [1.29, 1.82) is 0 Å². The Balaban J connectivity index is 0.00000610. The van der Waals surface area contributed by atoms with E-state index < -0.39 is 71.8 Å². The lowest BCUT2D eigenvalue weighted by atomic mass is 9.89. The van der Waals surface area contributed by atoms with Gasteiger partial charge in [0.2, 0.25) is 11.8 Å². The first-order chi connectivity index (χ1) is 28.5. The Morgan fingerprint density at radius 2 is 1.78 bits per heavy atom. The first-order valence-electron chi connectivity index (χ1n) is 20.5. The van der Waals surface area contributed by atoms with Crippen LogP contribution in [0.2, 0.25) is 0 Å². The number of aromatic hydroxyl groups is 1. The van der Waals surface area contributed by atoms with Gasteiger partial charge >= 0.3 is 5.97 Å². The third kappa shape index (κ3) is 16.3. The molecule has 0 spiro atoms. The molecule has 0 aromatic heterocycles. The first-order valence-corrected chi connectivity index (χ1v) is 20.5. The van der Waals surface area contributed by atoms with Crippen molar-refractivity contribution in [2.45, 2.75) is 117 Å². The highest BCUT2D eigenvalue weighted by Crippen LogP contribution is 2.22. The van der Waals surface area contributed by atoms with Crippen molar-refractivity contribution in [3.8, 4) is 5.75 Å². The zero-order chi connectivity index (χ0) is 44.9. The molecule has 2 heterocycles. The molecule has 4 amide bonds. The van der Waals surface area contributed by atoms with Crippen LogP contribution in [0.25, 0.3) is 0 Å². The van der Waals surface area contributed by atoms with Crippen LogP contribution in [0, 0.1) is 11.8 Å². The van der Waals surface area contributed by atoms with Crippen LogP contribution in [-0.2, 0) is 44.8 Å². The van der Waals surface area contributed by atoms with Crippen LogP contribution in [0.5, 0.6) is 5.75 Å². The lowest BCUT2D eigenvalue weighted by molar-refractivity contribution is -0.162. The number of nitrogens with one attached hydrogen (secondary N) is 3. The molecule has 15 heteroatoms. The number of esters is 1. The molecule has 3 rings (SSSR count). The Labute approximate surface area is 354 Å². The van der Waals surface area contributed by atoms with Crippen LogP contribution in [0.1, 0.15) is 86.1 Å². The minimum absolute atomic E-state index is 0.0276. The van der Waals surface area contributed by atoms with E-state index in [1.54, 1.807) is 76.3 Å². The molecule has 6 atom stereocenters. The number of nitrogens with zero attached hydrogens (tertiary/aromatic N) is 2. The second-order valence-electron chi connectivity index (χ2n) is 14.9. The number of ketones is 1. The number of hydrogen-bond donors (Lipinski definition) is 5. The number of aliphatic hydroxyl groups excluding tert-OH is 1. The molecule has 0 saturated carbocycles. The summed E-state index contributed by atoms with van der Waals surface area (Å²) >= 11 is 0. The Morgan fingerprint density at radius 1 is 1.07 bits per heavy atom. The number of Topliss-reactive ketones (excluding diaryl/α,β-unsaturated/α-hetero) is 1. The average Bonchev–Trinajstić information content (AvgIpc) is 3.22. The van der Waals surface area contributed by atoms with Gasteiger partial charge in [-0.2, -0.15) is 0 Å². The number of cyclic esters (lactones) is 1. The highest BCUT2D eigenvalue weighted by atomic mass is 16.7. The molecule has 1 aromatic rings. The maximum atomic E-state index is 14.3. The molecular formula is C45H65N5O10. The van der Waals surface area contributed by atoms with Gasteiger partial charge in [0.25, 0.3) is 11.8 Å². The van der Waals surface area contributed by atoms with Gasteiger partial charge in [-0.05, 0) is 74.8 Å². The van der Waals surface area contributed by atoms with Crippen LogP contribution < -0.4 is 16.1 Å². The fourth-order valence-corrected chi connectivity index (χ4v) is 6.37. The number of carbonyl (C=O) groups is 6. The number of hydrazine groups is 1. The number of carbonyl (C=O) groups excluding carboxylic acids is 6. The van der Waals surface area contributed by atoms with E-state index in [0.717, 1.165) is 5.06 Å². The van der Waals surface area contributed by atoms with Crippen LogP contribution >= 0.6 is 0 Å². The Hall–Kier alpha value is -5.38. The van der Waals surface area contributed by atoms with Crippen molar-refractivity contribution >= 4 is 35.4 Å². The van der Waals surface area contributed by atoms with Crippen LogP contribution in [-0.4, -0.2) is 107 Å². The highest BCUT2D eigenvalue weighted by molar-refractivity contribution is 5.93. The van der Waals surface area contributed by atoms with Gasteiger partial charge in [-0.15, -0.1) is 0 Å². The molecule has 2 bridgehead atoms. The largest absolute Gasteiger partial charge is 0.508 e. The quantitative estimate of drug-likeness (QED) is 0.0972. The number of likely N-dealkylation sites (N-methyl/N-ethyl adjacent to an activating group) is 1. The summed E-state index contributed by atoms with van der Waals surface area (Å²) in [4.78, 5) is 85.0. The molecular weight excluding hydrogens is 771 g/mol. The van der Waals surface area contributed by atoms with Gasteiger partial charge < -0.3 is 30.4 Å². The number of ether oxygens (including phenoxy) is 1. The predicted octanol–water partition coefficient (Wildman–Crippen LogP) is 4.32. The number of rotatable bonds is 10. The maximum Gasteiger partial charge on any atom is 0.325 e. The number of benzene rings is 1. The van der Waals surface area contributed by atoms with E-state index in [0.29, 0.717) is 29.6 Å². The van der Waals surface area contributed by atoms with E-state index in [2.05, 4.69) is 16.1 Å². The van der Waals surface area contributed by atoms with Gasteiger partial charge in [-0.25, -0.2) is 10.5 Å². The van der Waals surface area contributed by atoms with E-state index >= 15 is 0 Å². The molecule has 2 aliphatic heterocycles. The predicted molar refractivity (Wildman–Crippen MR) is 228 cm³/mol. The van der Waals surface area contributed by atoms with E-state index in [1.165, 1.54) is 50.4 Å². The van der Waals surface area contributed by atoms with Crippen molar-refractivity contribution in [2.24, 2.45) is 11.8 Å². The number of allylic oxidation sites excluding steroid dienone is 6. The molecule has 0 aliphatic carbocycles. The van der Waals surface area contributed by atoms with Gasteiger partial charge in [0.1, 0.15) is 35.8 Å². The van der Waals surface area contributed by atoms with E-state index in [-0.39, 0.29) is 43.8 Å². The lowest BCUT2D eigenvalue weighted by Gasteiger charge is -2.36. The Kier molecular flexibility index (Phi) is 22.0. The number of phenols is 1. The van der Waals surface area contributed by atoms with E-state index in [1.807, 2.05) is 13.8 Å². The summed E-state index contributed by atoms with van der Waals surface area (Å²) in [5, 5.41) is 29.5. The third-order valence-corrected chi connectivity index (χ3v) is 9.96. The minimum Gasteiger partial charge on any atom is -0.508 e. The number of hydrogen-bond acceptors (Lipinski definition) is 11. The van der Waals surface area contributed by atoms with E-state index in [4.69, 9.17) is 9.57 Å². The number of amides is 4. The van der Waals surface area contributed by atoms with Crippen LogP contribution in [0.15, 0.2) is 84.0 Å². The number of phenolic OH excluding ortho intramolecular Hbond substituents is 1. The summed E-state index contributed by atoms with van der Waals surface area (Å²) in [6, 6.07) is 3.03. The Bertz CT molecular complexity index is 1780. The zero-order valence-electron chi connectivity index (χ0n) is 36.5. The third-order valence-electron chi connectivity index (χ3n) is 9.96. The smallest absolute Gasteiger partial charge is 0.325 e. The average molecular weight is 836 g/mol. The molecule has 5 N–H and O–H groups in total. The molecule has 1 fully saturated rings. The van der Waals surface area contributed by atoms with Crippen molar-refractivity contribution in [3.05, 3.63) is 89.6 Å². The molecule has 60 heavy (non-hydrogen) atoms. The second-order valence-corrected chi connectivity index (χ2v) is 14.9. The second kappa shape index (κ2) is 26.0. The topological polar surface area (TPSA) is 204 Å². The molecule has 0 radical (unpaired) electrons. The van der Waals surface area contributed by atoms with Crippen LogP contribution in [0.3, 0.4) is 0 Å². The molecule has 1 saturated heterocycles. The lowest BCUT2D eigenvalue weighted by Crippen LogP contribution is -2.62. The van der Waals surface area contributed by atoms with Crippen molar-refractivity contribution in [2.75, 3.05) is 20.7 Å². The number of hydroxylamine groups is 2. The van der Waals surface area contributed by atoms with Crippen molar-refractivity contribution in [3.63, 3.8) is 0 Å². The zero-order valence-corrected chi connectivity index (χ0v) is 36.5. The van der Waals surface area contributed by atoms with Gasteiger partial charge in [0.15, 0.2) is 0 Å². The first kappa shape index (κ1) is 50.8. The van der Waals surface area contributed by atoms with E-state index in [9.17, 15) is 39.0 Å². The summed E-state index contributed by atoms with van der Waals surface area (Å²) in [6.07, 6.45) is 12.1. The van der Waals surface area contributed by atoms with Gasteiger partial charge in [-0.1, -0.05) is 82.4 Å². The molecule has 330 valence electrons. The SMILES string of the molecule is CC.CON(C)C(=O)/C=C/C=C(\C)[C@@H]1C/C=C/C=C/C=C(\C)[C@@H](O)[C@@H](CCC(C)=O)C(=O)NC(C(C)C)C(=O)NC(Cc2cccc(O)c2)C(=O)N2CCCC(N2)C(=O)O1. The number of fused-ring (bicyclic) bond motifs is 2. The summed E-state index contributed by atoms with van der Waals surface area (Å²) in [7, 11) is 2.84. The Morgan fingerprint density at radius 3 is 2.43 bits per heavy atom. The van der Waals surface area contributed by atoms with Crippen molar-refractivity contribution < 1.29 is 48.6 Å². The maximum absolute atomic E-state index is 14.3. The molecule has 15 nitrogen and oxygen atoms in total. The summed E-state index contributed by atoms with van der Waals surface area (Å²) in [5.41, 5.74) is 4.62. The van der Waals surface area contributed by atoms with Gasteiger partial charge in [0.05, 0.1) is 19.1 Å². The summed E-state index contributed by atoms with van der Waals surface area (Å²) < 4.78 is 6.01. The van der Waals surface area contributed by atoms with Crippen molar-refractivity contribution in [1.82, 2.24) is 26.1 Å². The standard InChI is InChI=1S/C43H59N5O10.C2H6/c1-27(2)38-41(54)44-35(26-31-17-13-18-32(50)25-31)42(55)48-24-14-19-34(46-48)43(56)58-36(28(3)16-12-21-37(51)47(6)57-7)20-11-9-8-10-15-29(4)39(52)33(40(53)45-38)23-22-30(5)49;1-2/h8-13,15-18,21,25,27,33-36,38-39,46,50,52H,14,19-20,22-24,26H2,1-7H3,(H,44,54)(H,45,53);1-2H3/b10-8+,11-9+,21-12+,28-16+,29-15+;/t33-,34?,35?,36+,38?,39-;/m1./s1.